The molecule has 1 heterocycles. The first-order valence-corrected chi connectivity index (χ1v) is 16.7. The lowest BCUT2D eigenvalue weighted by Crippen LogP contribution is -2.55. The molecule has 4 amide bonds. The van der Waals surface area contributed by atoms with Crippen molar-refractivity contribution in [3.8, 4) is 11.1 Å². The minimum absolute atomic E-state index is 0.0798. The lowest BCUT2D eigenvalue weighted by molar-refractivity contribution is -0.139. The zero-order chi connectivity index (χ0) is 37.2. The van der Waals surface area contributed by atoms with E-state index >= 15 is 0 Å². The molecule has 0 bridgehead atoms. The van der Waals surface area contributed by atoms with Crippen molar-refractivity contribution >= 4 is 23.6 Å². The predicted molar refractivity (Wildman–Crippen MR) is 187 cm³/mol. The Labute approximate surface area is 292 Å². The Balaban J connectivity index is 1.85. The van der Waals surface area contributed by atoms with Crippen molar-refractivity contribution in [2.75, 3.05) is 26.2 Å². The number of hydrogen-bond acceptors (Lipinski definition) is 6. The zero-order valence-electron chi connectivity index (χ0n) is 29.6. The molecule has 0 radical (unpaired) electrons. The Bertz CT molecular complexity index is 1620. The summed E-state index contributed by atoms with van der Waals surface area (Å²) in [6.07, 6.45) is 2.04. The van der Waals surface area contributed by atoms with E-state index in [9.17, 15) is 33.1 Å². The van der Waals surface area contributed by atoms with Gasteiger partial charge < -0.3 is 36.3 Å². The van der Waals surface area contributed by atoms with Crippen molar-refractivity contribution in [2.24, 2.45) is 17.1 Å². The highest BCUT2D eigenvalue weighted by atomic mass is 19.1. The van der Waals surface area contributed by atoms with Crippen LogP contribution in [-0.4, -0.2) is 76.5 Å². The average Bonchev–Trinajstić information content (AvgIpc) is 3.46. The standard InChI is InChI=1S/C37H50F2N6O5/c1-23(2)33(43-31(47)19-40)36(50)42-24(3)35(49)41-15-10-16-45(32(48)22-46)34(37(4,5)6)30-17-26(28-18-27(38)13-14-29(28)39)21-44(30)20-25-11-8-7-9-12-25/h7-9,11-14,17-18,21,23-24,33-34,46H,10,15-16,19-20,22,40H2,1-6H3,(H,41,49)(H,42,50)(H,43,47)/t24-,33?,34-/m0/s1. The zero-order valence-corrected chi connectivity index (χ0v) is 29.6. The third kappa shape index (κ3) is 10.7. The molecule has 0 spiro atoms. The summed E-state index contributed by atoms with van der Waals surface area (Å²) in [7, 11) is 0. The van der Waals surface area contributed by atoms with Crippen LogP contribution in [0.25, 0.3) is 11.1 Å². The highest BCUT2D eigenvalue weighted by Gasteiger charge is 2.37. The minimum Gasteiger partial charge on any atom is -0.387 e. The van der Waals surface area contributed by atoms with E-state index in [4.69, 9.17) is 5.73 Å². The quantitative estimate of drug-likeness (QED) is 0.144. The van der Waals surface area contributed by atoms with Crippen molar-refractivity contribution in [1.29, 1.82) is 0 Å². The molecule has 1 aromatic heterocycles. The number of carbonyl (C=O) groups is 4. The number of nitrogens with zero attached hydrogens (tertiary/aromatic N) is 2. The van der Waals surface area contributed by atoms with Crippen LogP contribution in [0.15, 0.2) is 60.8 Å². The molecule has 0 aliphatic carbocycles. The maximum absolute atomic E-state index is 15.0. The van der Waals surface area contributed by atoms with Gasteiger partial charge in [-0.15, -0.1) is 0 Å². The Morgan fingerprint density at radius 3 is 2.24 bits per heavy atom. The molecule has 1 unspecified atom stereocenters. The third-order valence-corrected chi connectivity index (χ3v) is 8.31. The largest absolute Gasteiger partial charge is 0.387 e. The summed E-state index contributed by atoms with van der Waals surface area (Å²) in [4.78, 5) is 52.4. The first-order valence-electron chi connectivity index (χ1n) is 16.7. The van der Waals surface area contributed by atoms with Gasteiger partial charge in [0.2, 0.25) is 23.6 Å². The molecular weight excluding hydrogens is 646 g/mol. The summed E-state index contributed by atoms with van der Waals surface area (Å²) in [6, 6.07) is 12.2. The fraction of sp³-hybridized carbons (Fsp3) is 0.459. The molecule has 3 aromatic rings. The van der Waals surface area contributed by atoms with E-state index in [1.54, 1.807) is 31.0 Å². The summed E-state index contributed by atoms with van der Waals surface area (Å²) >= 11 is 0. The first-order chi connectivity index (χ1) is 23.6. The van der Waals surface area contributed by atoms with E-state index in [0.29, 0.717) is 24.2 Å². The van der Waals surface area contributed by atoms with Crippen molar-refractivity contribution in [3.63, 3.8) is 0 Å². The molecule has 0 saturated heterocycles. The van der Waals surface area contributed by atoms with Gasteiger partial charge in [0.05, 0.1) is 12.6 Å². The second kappa shape index (κ2) is 17.9. The topological polar surface area (TPSA) is 159 Å². The van der Waals surface area contributed by atoms with Gasteiger partial charge in [-0.3, -0.25) is 19.2 Å². The molecule has 13 heteroatoms. The van der Waals surface area contributed by atoms with Crippen LogP contribution < -0.4 is 21.7 Å². The van der Waals surface area contributed by atoms with Crippen LogP contribution in [0.4, 0.5) is 8.78 Å². The van der Waals surface area contributed by atoms with Crippen molar-refractivity contribution in [3.05, 3.63) is 83.7 Å². The third-order valence-electron chi connectivity index (χ3n) is 8.31. The van der Waals surface area contributed by atoms with Crippen LogP contribution in [0.5, 0.6) is 0 Å². The van der Waals surface area contributed by atoms with Gasteiger partial charge in [0.15, 0.2) is 0 Å². The number of nitrogens with one attached hydrogen (secondary N) is 3. The van der Waals surface area contributed by atoms with E-state index in [-0.39, 0.29) is 31.1 Å². The van der Waals surface area contributed by atoms with Gasteiger partial charge in [0.25, 0.3) is 0 Å². The average molecular weight is 697 g/mol. The van der Waals surface area contributed by atoms with E-state index in [1.165, 1.54) is 6.92 Å². The Kier molecular flexibility index (Phi) is 14.2. The molecule has 272 valence electrons. The predicted octanol–water partition coefficient (Wildman–Crippen LogP) is 3.50. The first kappa shape index (κ1) is 39.8. The van der Waals surface area contributed by atoms with Gasteiger partial charge in [0, 0.05) is 42.7 Å². The maximum atomic E-state index is 15.0. The number of hydrogen-bond donors (Lipinski definition) is 5. The molecule has 11 nitrogen and oxygen atoms in total. The normalized spacial score (nSPS) is 13.3. The monoisotopic (exact) mass is 696 g/mol. The molecule has 50 heavy (non-hydrogen) atoms. The number of benzene rings is 2. The summed E-state index contributed by atoms with van der Waals surface area (Å²) < 4.78 is 31.2. The van der Waals surface area contributed by atoms with Crippen molar-refractivity contribution in [1.82, 2.24) is 25.4 Å². The molecule has 6 N–H and O–H groups in total. The number of rotatable bonds is 16. The number of carbonyl (C=O) groups excluding carboxylic acids is 4. The summed E-state index contributed by atoms with van der Waals surface area (Å²) in [6.45, 7) is 10.5. The number of amides is 4. The lowest BCUT2D eigenvalue weighted by atomic mass is 9.83. The minimum atomic E-state index is -0.918. The molecule has 0 saturated carbocycles. The van der Waals surface area contributed by atoms with E-state index in [0.717, 1.165) is 23.8 Å². The van der Waals surface area contributed by atoms with Gasteiger partial charge in [-0.2, -0.15) is 0 Å². The number of aromatic nitrogens is 1. The molecular formula is C37H50F2N6O5. The van der Waals surface area contributed by atoms with Gasteiger partial charge in [0.1, 0.15) is 30.3 Å². The van der Waals surface area contributed by atoms with Crippen molar-refractivity contribution in [2.45, 2.75) is 72.6 Å². The van der Waals surface area contributed by atoms with Crippen LogP contribution in [0.1, 0.15) is 65.3 Å². The van der Waals surface area contributed by atoms with Crippen molar-refractivity contribution < 1.29 is 33.1 Å². The summed E-state index contributed by atoms with van der Waals surface area (Å²) in [5.41, 5.74) is 6.89. The van der Waals surface area contributed by atoms with Crippen LogP contribution in [0.2, 0.25) is 0 Å². The Morgan fingerprint density at radius 2 is 1.64 bits per heavy atom. The maximum Gasteiger partial charge on any atom is 0.248 e. The molecule has 2 aromatic carbocycles. The second-order valence-corrected chi connectivity index (χ2v) is 13.8. The van der Waals surface area contributed by atoms with E-state index in [2.05, 4.69) is 16.0 Å². The fourth-order valence-corrected chi connectivity index (χ4v) is 5.85. The van der Waals surface area contributed by atoms with Gasteiger partial charge in [-0.1, -0.05) is 65.0 Å². The Morgan fingerprint density at radius 1 is 0.960 bits per heavy atom. The van der Waals surface area contributed by atoms with Gasteiger partial charge in [-0.05, 0) is 54.5 Å². The summed E-state index contributed by atoms with van der Waals surface area (Å²) in [5, 5.41) is 18.0. The van der Waals surface area contributed by atoms with Crippen LogP contribution in [-0.2, 0) is 25.7 Å². The number of aliphatic hydroxyl groups is 1. The molecule has 3 atom stereocenters. The SMILES string of the molecule is CC(C)C(NC(=O)CN)C(=O)N[C@@H](C)C(=O)NCCCN(C(=O)CO)[C@@H](c1cc(-c2cc(F)ccc2F)cn1Cc1ccccc1)C(C)(C)C. The fourth-order valence-electron chi connectivity index (χ4n) is 5.85. The Hall–Kier alpha value is -4.62. The second-order valence-electron chi connectivity index (χ2n) is 13.8. The number of nitrogens with two attached hydrogens (primary N) is 1. The molecule has 0 fully saturated rings. The highest BCUT2D eigenvalue weighted by Crippen LogP contribution is 2.41. The molecule has 0 aliphatic rings. The lowest BCUT2D eigenvalue weighted by Gasteiger charge is -2.41. The van der Waals surface area contributed by atoms with Crippen LogP contribution in [0.3, 0.4) is 0 Å². The van der Waals surface area contributed by atoms with E-state index in [1.807, 2.05) is 55.7 Å². The smallest absolute Gasteiger partial charge is 0.248 e. The molecule has 3 rings (SSSR count). The van der Waals surface area contributed by atoms with Crippen LogP contribution >= 0.6 is 0 Å². The molecule has 0 aliphatic heterocycles. The van der Waals surface area contributed by atoms with Crippen LogP contribution in [0, 0.1) is 23.0 Å². The summed E-state index contributed by atoms with van der Waals surface area (Å²) in [5.74, 6) is -3.43. The van der Waals surface area contributed by atoms with E-state index < -0.39 is 65.4 Å². The highest BCUT2D eigenvalue weighted by molar-refractivity contribution is 5.92. The van der Waals surface area contributed by atoms with Gasteiger partial charge >= 0.3 is 0 Å². The number of aliphatic hydroxyl groups excluding tert-OH is 1. The van der Waals surface area contributed by atoms with Gasteiger partial charge in [-0.25, -0.2) is 8.78 Å². The number of halogens is 2.